The van der Waals surface area contributed by atoms with Crippen LogP contribution in [-0.4, -0.2) is 39.3 Å². The standard InChI is InChI=1S/C14H21N3O/c1-3-17(4-2)14(7-5-6-8-14)13(18)12-9-15-11-16-10-12/h9-11H,3-8H2,1-2H3. The van der Waals surface area contributed by atoms with Gasteiger partial charge in [0.15, 0.2) is 5.78 Å². The minimum atomic E-state index is -0.311. The Morgan fingerprint density at radius 3 is 2.28 bits per heavy atom. The molecule has 0 N–H and O–H groups in total. The van der Waals surface area contributed by atoms with Gasteiger partial charge in [0.05, 0.1) is 11.1 Å². The lowest BCUT2D eigenvalue weighted by atomic mass is 9.86. The number of hydrogen-bond acceptors (Lipinski definition) is 4. The first-order valence-corrected chi connectivity index (χ1v) is 6.79. The van der Waals surface area contributed by atoms with Gasteiger partial charge >= 0.3 is 0 Å². The molecule has 0 amide bonds. The zero-order valence-corrected chi connectivity index (χ0v) is 11.2. The number of hydrogen-bond donors (Lipinski definition) is 0. The molecule has 2 rings (SSSR count). The molecular formula is C14H21N3O. The minimum Gasteiger partial charge on any atom is -0.292 e. The first-order chi connectivity index (χ1) is 8.74. The molecule has 1 saturated carbocycles. The smallest absolute Gasteiger partial charge is 0.186 e. The van der Waals surface area contributed by atoms with Crippen LogP contribution in [0.15, 0.2) is 18.7 Å². The minimum absolute atomic E-state index is 0.198. The SMILES string of the molecule is CCN(CC)C1(C(=O)c2cncnc2)CCCC1. The maximum absolute atomic E-state index is 12.8. The highest BCUT2D eigenvalue weighted by atomic mass is 16.1. The second-order valence-corrected chi connectivity index (χ2v) is 4.87. The van der Waals surface area contributed by atoms with Gasteiger partial charge in [0, 0.05) is 12.4 Å². The van der Waals surface area contributed by atoms with Crippen molar-refractivity contribution in [2.75, 3.05) is 13.1 Å². The number of likely N-dealkylation sites (N-methyl/N-ethyl adjacent to an activating group) is 1. The van der Waals surface area contributed by atoms with E-state index in [4.69, 9.17) is 0 Å². The summed E-state index contributed by atoms with van der Waals surface area (Å²) in [5, 5.41) is 0. The summed E-state index contributed by atoms with van der Waals surface area (Å²) in [4.78, 5) is 23.0. The van der Waals surface area contributed by atoms with Gasteiger partial charge in [-0.15, -0.1) is 0 Å². The zero-order valence-electron chi connectivity index (χ0n) is 11.2. The molecular weight excluding hydrogens is 226 g/mol. The fraction of sp³-hybridized carbons (Fsp3) is 0.643. The lowest BCUT2D eigenvalue weighted by molar-refractivity contribution is 0.0583. The Kier molecular flexibility index (Phi) is 4.07. The Morgan fingerprint density at radius 1 is 1.22 bits per heavy atom. The van der Waals surface area contributed by atoms with E-state index in [-0.39, 0.29) is 11.3 Å². The highest BCUT2D eigenvalue weighted by Gasteiger charge is 2.45. The van der Waals surface area contributed by atoms with Crippen molar-refractivity contribution in [3.63, 3.8) is 0 Å². The summed E-state index contributed by atoms with van der Waals surface area (Å²) in [6.07, 6.45) is 8.93. The van der Waals surface area contributed by atoms with E-state index in [1.807, 2.05) is 0 Å². The number of carbonyl (C=O) groups is 1. The van der Waals surface area contributed by atoms with E-state index >= 15 is 0 Å². The van der Waals surface area contributed by atoms with Crippen LogP contribution in [0.25, 0.3) is 0 Å². The number of nitrogens with zero attached hydrogens (tertiary/aromatic N) is 3. The van der Waals surface area contributed by atoms with Gasteiger partial charge in [-0.25, -0.2) is 9.97 Å². The Hall–Kier alpha value is -1.29. The summed E-state index contributed by atoms with van der Waals surface area (Å²) in [5.74, 6) is 0.198. The van der Waals surface area contributed by atoms with Crippen molar-refractivity contribution < 1.29 is 4.79 Å². The summed E-state index contributed by atoms with van der Waals surface area (Å²) >= 11 is 0. The topological polar surface area (TPSA) is 46.1 Å². The van der Waals surface area contributed by atoms with E-state index in [9.17, 15) is 4.79 Å². The highest BCUT2D eigenvalue weighted by molar-refractivity contribution is 6.03. The van der Waals surface area contributed by atoms with Gasteiger partial charge in [-0.2, -0.15) is 0 Å². The maximum Gasteiger partial charge on any atom is 0.186 e. The van der Waals surface area contributed by atoms with Crippen molar-refractivity contribution >= 4 is 5.78 Å². The summed E-state index contributed by atoms with van der Waals surface area (Å²) in [6, 6.07) is 0. The molecule has 0 unspecified atom stereocenters. The molecule has 0 saturated heterocycles. The van der Waals surface area contributed by atoms with Crippen molar-refractivity contribution in [3.05, 3.63) is 24.3 Å². The second-order valence-electron chi connectivity index (χ2n) is 4.87. The van der Waals surface area contributed by atoms with Crippen LogP contribution in [0, 0.1) is 0 Å². The molecule has 0 bridgehead atoms. The van der Waals surface area contributed by atoms with Crippen LogP contribution in [0.3, 0.4) is 0 Å². The Balaban J connectivity index is 2.33. The highest BCUT2D eigenvalue weighted by Crippen LogP contribution is 2.37. The van der Waals surface area contributed by atoms with Gasteiger partial charge in [0.1, 0.15) is 6.33 Å². The molecule has 1 heterocycles. The molecule has 1 fully saturated rings. The molecule has 98 valence electrons. The van der Waals surface area contributed by atoms with E-state index in [0.29, 0.717) is 5.56 Å². The van der Waals surface area contributed by atoms with Gasteiger partial charge < -0.3 is 0 Å². The number of ketones is 1. The fourth-order valence-corrected chi connectivity index (χ4v) is 3.16. The van der Waals surface area contributed by atoms with Gasteiger partial charge in [-0.3, -0.25) is 9.69 Å². The maximum atomic E-state index is 12.8. The van der Waals surface area contributed by atoms with Crippen LogP contribution in [0.2, 0.25) is 0 Å². The van der Waals surface area contributed by atoms with Crippen LogP contribution in [0.5, 0.6) is 0 Å². The first kappa shape index (κ1) is 13.1. The monoisotopic (exact) mass is 247 g/mol. The van der Waals surface area contributed by atoms with Crippen LogP contribution < -0.4 is 0 Å². The number of aromatic nitrogens is 2. The molecule has 1 aromatic rings. The van der Waals surface area contributed by atoms with Gasteiger partial charge in [-0.1, -0.05) is 26.7 Å². The molecule has 18 heavy (non-hydrogen) atoms. The zero-order chi connectivity index (χ0) is 13.0. The van der Waals surface area contributed by atoms with Gasteiger partial charge in [0.2, 0.25) is 0 Å². The number of rotatable bonds is 5. The predicted molar refractivity (Wildman–Crippen MR) is 70.5 cm³/mol. The van der Waals surface area contributed by atoms with Crippen LogP contribution in [0.4, 0.5) is 0 Å². The molecule has 1 aliphatic rings. The van der Waals surface area contributed by atoms with Crippen molar-refractivity contribution in [3.8, 4) is 0 Å². The number of carbonyl (C=O) groups excluding carboxylic acids is 1. The van der Waals surface area contributed by atoms with Gasteiger partial charge in [-0.05, 0) is 25.9 Å². The first-order valence-electron chi connectivity index (χ1n) is 6.79. The lowest BCUT2D eigenvalue weighted by Crippen LogP contribution is -2.52. The van der Waals surface area contributed by atoms with E-state index in [2.05, 4.69) is 28.7 Å². The summed E-state index contributed by atoms with van der Waals surface area (Å²) in [7, 11) is 0. The van der Waals surface area contributed by atoms with E-state index < -0.39 is 0 Å². The summed E-state index contributed by atoms with van der Waals surface area (Å²) in [5.41, 5.74) is 0.333. The molecule has 0 aromatic carbocycles. The third-order valence-electron chi connectivity index (χ3n) is 4.04. The van der Waals surface area contributed by atoms with E-state index in [1.54, 1.807) is 12.4 Å². The van der Waals surface area contributed by atoms with Crippen molar-refractivity contribution in [2.24, 2.45) is 0 Å². The second kappa shape index (κ2) is 5.57. The van der Waals surface area contributed by atoms with Crippen LogP contribution in [-0.2, 0) is 0 Å². The Bertz CT molecular complexity index is 395. The van der Waals surface area contributed by atoms with Crippen molar-refractivity contribution in [1.29, 1.82) is 0 Å². The normalized spacial score (nSPS) is 18.2. The Labute approximate surface area is 108 Å². The number of Topliss-reactive ketones (excluding diaryl/α,β-unsaturated/α-hetero) is 1. The van der Waals surface area contributed by atoms with Crippen molar-refractivity contribution in [2.45, 2.75) is 45.1 Å². The van der Waals surface area contributed by atoms with Gasteiger partial charge in [0.25, 0.3) is 0 Å². The molecule has 0 atom stereocenters. The largest absolute Gasteiger partial charge is 0.292 e. The summed E-state index contributed by atoms with van der Waals surface area (Å²) < 4.78 is 0. The van der Waals surface area contributed by atoms with E-state index in [0.717, 1.165) is 38.8 Å². The van der Waals surface area contributed by atoms with Crippen molar-refractivity contribution in [1.82, 2.24) is 14.9 Å². The molecule has 4 heteroatoms. The predicted octanol–water partition coefficient (Wildman–Crippen LogP) is 2.31. The molecule has 1 aromatic heterocycles. The fourth-order valence-electron chi connectivity index (χ4n) is 3.16. The van der Waals surface area contributed by atoms with Crippen LogP contribution >= 0.6 is 0 Å². The third-order valence-corrected chi connectivity index (χ3v) is 4.04. The lowest BCUT2D eigenvalue weighted by Gasteiger charge is -2.38. The van der Waals surface area contributed by atoms with E-state index in [1.165, 1.54) is 6.33 Å². The average Bonchev–Trinajstić information content (AvgIpc) is 2.91. The summed E-state index contributed by atoms with van der Waals surface area (Å²) in [6.45, 7) is 6.07. The third kappa shape index (κ3) is 2.17. The quantitative estimate of drug-likeness (QED) is 0.749. The average molecular weight is 247 g/mol. The molecule has 4 nitrogen and oxygen atoms in total. The Morgan fingerprint density at radius 2 is 1.78 bits per heavy atom. The molecule has 0 aliphatic heterocycles. The van der Waals surface area contributed by atoms with Crippen LogP contribution in [0.1, 0.15) is 49.9 Å². The molecule has 0 radical (unpaired) electrons. The molecule has 1 aliphatic carbocycles. The molecule has 0 spiro atoms.